The van der Waals surface area contributed by atoms with Crippen LogP contribution in [0.15, 0.2) is 66.7 Å². The first-order chi connectivity index (χ1) is 13.6. The van der Waals surface area contributed by atoms with E-state index in [0.717, 1.165) is 6.42 Å². The second-order valence-electron chi connectivity index (χ2n) is 7.56. The minimum atomic E-state index is -0.262. The van der Waals surface area contributed by atoms with E-state index in [2.05, 4.69) is 12.2 Å². The molecule has 1 heterocycles. The van der Waals surface area contributed by atoms with Crippen LogP contribution in [0.4, 0.5) is 5.69 Å². The minimum absolute atomic E-state index is 0.155. The normalized spacial score (nSPS) is 27.4. The zero-order valence-corrected chi connectivity index (χ0v) is 15.2. The summed E-state index contributed by atoms with van der Waals surface area (Å²) in [6.45, 7) is -0.156. The van der Waals surface area contributed by atoms with Gasteiger partial charge in [-0.15, -0.1) is 0 Å². The van der Waals surface area contributed by atoms with Crippen molar-refractivity contribution in [3.8, 4) is 5.75 Å². The molecule has 5 rings (SSSR count). The largest absolute Gasteiger partial charge is 0.483 e. The molecular weight excluding hydrogens is 354 g/mol. The topological polar surface area (TPSA) is 63.7 Å². The lowest BCUT2D eigenvalue weighted by atomic mass is 9.85. The van der Waals surface area contributed by atoms with E-state index in [1.54, 1.807) is 48.5 Å². The van der Waals surface area contributed by atoms with Crippen molar-refractivity contribution in [2.45, 2.75) is 6.42 Å². The van der Waals surface area contributed by atoms with Gasteiger partial charge in [0.15, 0.2) is 12.4 Å². The first kappa shape index (κ1) is 16.9. The maximum Gasteiger partial charge on any atom is 0.238 e. The number of imide groups is 1. The molecule has 2 aromatic carbocycles. The van der Waals surface area contributed by atoms with Gasteiger partial charge in [0.25, 0.3) is 0 Å². The monoisotopic (exact) mass is 373 g/mol. The van der Waals surface area contributed by atoms with E-state index in [1.807, 2.05) is 6.07 Å². The summed E-state index contributed by atoms with van der Waals surface area (Å²) in [5.41, 5.74) is 0.984. The van der Waals surface area contributed by atoms with E-state index >= 15 is 0 Å². The molecule has 2 amide bonds. The van der Waals surface area contributed by atoms with E-state index in [4.69, 9.17) is 4.74 Å². The summed E-state index contributed by atoms with van der Waals surface area (Å²) in [5.74, 6) is -0.312. The maximum atomic E-state index is 13.0. The van der Waals surface area contributed by atoms with E-state index in [1.165, 1.54) is 4.90 Å². The Hall–Kier alpha value is -3.21. The predicted octanol–water partition coefficient (Wildman–Crippen LogP) is 3.26. The fraction of sp³-hybridized carbons (Fsp3) is 0.261. The number of anilines is 1. The van der Waals surface area contributed by atoms with Gasteiger partial charge in [0.1, 0.15) is 5.75 Å². The van der Waals surface area contributed by atoms with Crippen LogP contribution in [0.5, 0.6) is 5.75 Å². The van der Waals surface area contributed by atoms with Crippen LogP contribution in [0.2, 0.25) is 0 Å². The third kappa shape index (κ3) is 2.50. The molecule has 0 radical (unpaired) electrons. The molecule has 1 aliphatic heterocycles. The van der Waals surface area contributed by atoms with E-state index in [0.29, 0.717) is 17.0 Å². The summed E-state index contributed by atoms with van der Waals surface area (Å²) < 4.78 is 5.74. The van der Waals surface area contributed by atoms with Crippen molar-refractivity contribution in [1.29, 1.82) is 0 Å². The fourth-order valence-corrected chi connectivity index (χ4v) is 4.75. The Morgan fingerprint density at radius 2 is 1.50 bits per heavy atom. The molecule has 3 aliphatic rings. The first-order valence-electron chi connectivity index (χ1n) is 9.51. The number of allylic oxidation sites excluding steroid dienone is 2. The molecule has 140 valence electrons. The highest BCUT2D eigenvalue weighted by molar-refractivity contribution is 6.23. The smallest absolute Gasteiger partial charge is 0.238 e. The molecule has 0 unspecified atom stereocenters. The molecule has 2 fully saturated rings. The van der Waals surface area contributed by atoms with Crippen LogP contribution in [-0.2, 0) is 9.59 Å². The van der Waals surface area contributed by atoms with Gasteiger partial charge in [0, 0.05) is 5.56 Å². The van der Waals surface area contributed by atoms with Gasteiger partial charge in [-0.05, 0) is 30.4 Å². The Kier molecular flexibility index (Phi) is 3.90. The number of benzene rings is 2. The first-order valence-corrected chi connectivity index (χ1v) is 9.51. The van der Waals surface area contributed by atoms with Gasteiger partial charge in [-0.2, -0.15) is 0 Å². The molecule has 0 N–H and O–H groups in total. The number of hydrogen-bond acceptors (Lipinski definition) is 4. The Morgan fingerprint density at radius 3 is 2.18 bits per heavy atom. The van der Waals surface area contributed by atoms with Crippen LogP contribution in [-0.4, -0.2) is 24.2 Å². The van der Waals surface area contributed by atoms with Crippen LogP contribution in [0, 0.1) is 23.7 Å². The van der Waals surface area contributed by atoms with Crippen molar-refractivity contribution < 1.29 is 19.1 Å². The van der Waals surface area contributed by atoms with E-state index < -0.39 is 0 Å². The predicted molar refractivity (Wildman–Crippen MR) is 103 cm³/mol. The molecule has 0 spiro atoms. The molecule has 2 aromatic rings. The van der Waals surface area contributed by atoms with E-state index in [-0.39, 0.29) is 47.9 Å². The van der Waals surface area contributed by atoms with Crippen LogP contribution >= 0.6 is 0 Å². The average Bonchev–Trinajstić information content (AvgIpc) is 3.41. The number of nitrogens with zero attached hydrogens (tertiary/aromatic N) is 1. The van der Waals surface area contributed by atoms with Gasteiger partial charge in [0.05, 0.1) is 17.5 Å². The number of carbonyl (C=O) groups is 3. The zero-order chi connectivity index (χ0) is 19.3. The summed E-state index contributed by atoms with van der Waals surface area (Å²) in [6, 6.07) is 15.8. The SMILES string of the molecule is O=C(COc1ccccc1N1C(=O)[C@@H]2[C@H](C1=O)[C@H]1C=C[C@H]2C1)c1ccccc1. The van der Waals surface area contributed by atoms with Crippen LogP contribution in [0.25, 0.3) is 0 Å². The standard InChI is InChI=1S/C23H19NO4/c25-18(14-6-2-1-3-7-14)13-28-19-9-5-4-8-17(19)24-22(26)20-15-10-11-16(12-15)21(20)23(24)27/h1-11,15-16,20-21H,12-13H2/t15-,16-,20-,21+/m0/s1. The van der Waals surface area contributed by atoms with Crippen molar-refractivity contribution in [3.63, 3.8) is 0 Å². The zero-order valence-electron chi connectivity index (χ0n) is 15.2. The Labute approximate surface area is 162 Å². The van der Waals surface area contributed by atoms with Crippen LogP contribution in [0.1, 0.15) is 16.8 Å². The molecule has 5 nitrogen and oxygen atoms in total. The highest BCUT2D eigenvalue weighted by Gasteiger charge is 2.59. The molecule has 2 aliphatic carbocycles. The van der Waals surface area contributed by atoms with Gasteiger partial charge in [-0.25, -0.2) is 4.90 Å². The number of hydrogen-bond donors (Lipinski definition) is 0. The molecule has 0 aromatic heterocycles. The Balaban J connectivity index is 1.39. The van der Waals surface area contributed by atoms with E-state index in [9.17, 15) is 14.4 Å². The average molecular weight is 373 g/mol. The van der Waals surface area contributed by atoms with Gasteiger partial charge in [-0.3, -0.25) is 14.4 Å². The summed E-state index contributed by atoms with van der Waals surface area (Å²) in [6.07, 6.45) is 5.03. The number of para-hydroxylation sites is 2. The maximum absolute atomic E-state index is 13.0. The Bertz CT molecular complexity index is 967. The number of ketones is 1. The molecule has 2 bridgehead atoms. The third-order valence-corrected chi connectivity index (χ3v) is 6.03. The second kappa shape index (κ2) is 6.44. The number of ether oxygens (including phenoxy) is 1. The quantitative estimate of drug-likeness (QED) is 0.458. The lowest BCUT2D eigenvalue weighted by Gasteiger charge is -2.20. The van der Waals surface area contributed by atoms with Crippen molar-refractivity contribution in [3.05, 3.63) is 72.3 Å². The minimum Gasteiger partial charge on any atom is -0.483 e. The van der Waals surface area contributed by atoms with Crippen molar-refractivity contribution >= 4 is 23.3 Å². The lowest BCUT2D eigenvalue weighted by Crippen LogP contribution is -2.33. The summed E-state index contributed by atoms with van der Waals surface area (Å²) in [5, 5.41) is 0. The van der Waals surface area contributed by atoms with Gasteiger partial charge in [-0.1, -0.05) is 54.6 Å². The highest BCUT2D eigenvalue weighted by atomic mass is 16.5. The van der Waals surface area contributed by atoms with Crippen molar-refractivity contribution in [2.24, 2.45) is 23.7 Å². The summed E-state index contributed by atoms with van der Waals surface area (Å²) in [4.78, 5) is 39.7. The van der Waals surface area contributed by atoms with Gasteiger partial charge in [0.2, 0.25) is 11.8 Å². The van der Waals surface area contributed by atoms with Gasteiger partial charge >= 0.3 is 0 Å². The molecule has 1 saturated carbocycles. The number of amides is 2. The molecular formula is C23H19NO4. The number of Topliss-reactive ketones (excluding diaryl/α,β-unsaturated/α-hetero) is 1. The third-order valence-electron chi connectivity index (χ3n) is 6.03. The van der Waals surface area contributed by atoms with Crippen LogP contribution in [0.3, 0.4) is 0 Å². The van der Waals surface area contributed by atoms with Gasteiger partial charge < -0.3 is 4.74 Å². The summed E-state index contributed by atoms with van der Waals surface area (Å²) >= 11 is 0. The molecule has 28 heavy (non-hydrogen) atoms. The second-order valence-corrected chi connectivity index (χ2v) is 7.56. The summed E-state index contributed by atoms with van der Waals surface area (Å²) in [7, 11) is 0. The number of fused-ring (bicyclic) bond motifs is 5. The van der Waals surface area contributed by atoms with Crippen LogP contribution < -0.4 is 9.64 Å². The number of rotatable bonds is 5. The van der Waals surface area contributed by atoms with Crippen molar-refractivity contribution in [2.75, 3.05) is 11.5 Å². The highest BCUT2D eigenvalue weighted by Crippen LogP contribution is 2.53. The molecule has 5 heteroatoms. The van der Waals surface area contributed by atoms with Crippen molar-refractivity contribution in [1.82, 2.24) is 0 Å². The fourth-order valence-electron chi connectivity index (χ4n) is 4.75. The molecule has 4 atom stereocenters. The lowest BCUT2D eigenvalue weighted by molar-refractivity contribution is -0.123. The Morgan fingerprint density at radius 1 is 0.893 bits per heavy atom. The molecule has 1 saturated heterocycles. The number of carbonyl (C=O) groups excluding carboxylic acids is 3.